The summed E-state index contributed by atoms with van der Waals surface area (Å²) in [6.07, 6.45) is 1.37. The van der Waals surface area contributed by atoms with Crippen molar-refractivity contribution in [2.45, 2.75) is 13.8 Å². The lowest BCUT2D eigenvalue weighted by atomic mass is 10.0. The summed E-state index contributed by atoms with van der Waals surface area (Å²) in [7, 11) is 0.276. The van der Waals surface area contributed by atoms with Crippen LogP contribution < -0.4 is 0 Å². The number of hydrogen-bond acceptors (Lipinski definition) is 0. The third-order valence-corrected chi connectivity index (χ3v) is 4.11. The fraction of sp³-hybridized carbons (Fsp3) is 1.00. The van der Waals surface area contributed by atoms with E-state index in [9.17, 15) is 0 Å². The predicted octanol–water partition coefficient (Wildman–Crippen LogP) is 3.15. The van der Waals surface area contributed by atoms with Crippen LogP contribution in [0.15, 0.2) is 0 Å². The van der Waals surface area contributed by atoms with Gasteiger partial charge in [-0.2, -0.15) is 0 Å². The first-order valence-corrected chi connectivity index (χ1v) is 6.73. The first-order valence-electron chi connectivity index (χ1n) is 3.19. The van der Waals surface area contributed by atoms with Crippen molar-refractivity contribution in [3.63, 3.8) is 0 Å². The molecule has 2 heteroatoms. The maximum Gasteiger partial charge on any atom is 0.00860 e. The molecule has 0 spiro atoms. The second kappa shape index (κ2) is 3.93. The standard InChI is InChI=1S/C7H16BrP/c1-7(2,5-8)6-9(3)4/h5-6H2,1-4H3. The Morgan fingerprint density at radius 2 is 1.78 bits per heavy atom. The third kappa shape index (κ3) is 5.36. The van der Waals surface area contributed by atoms with Gasteiger partial charge < -0.3 is 0 Å². The molecule has 0 saturated carbocycles. The zero-order valence-electron chi connectivity index (χ0n) is 6.74. The van der Waals surface area contributed by atoms with Crippen LogP contribution in [-0.4, -0.2) is 24.8 Å². The summed E-state index contributed by atoms with van der Waals surface area (Å²) in [6.45, 7) is 9.29. The molecule has 0 fully saturated rings. The van der Waals surface area contributed by atoms with Gasteiger partial charge in [-0.1, -0.05) is 29.8 Å². The Labute approximate surface area is 68.3 Å². The smallest absolute Gasteiger partial charge is 0.00860 e. The van der Waals surface area contributed by atoms with Crippen LogP contribution in [0.1, 0.15) is 13.8 Å². The van der Waals surface area contributed by atoms with Crippen molar-refractivity contribution >= 4 is 23.9 Å². The van der Waals surface area contributed by atoms with E-state index < -0.39 is 0 Å². The fourth-order valence-electron chi connectivity index (χ4n) is 0.898. The average Bonchev–Trinajstić information content (AvgIpc) is 1.63. The SMILES string of the molecule is CP(C)CC(C)(C)CBr. The average molecular weight is 211 g/mol. The van der Waals surface area contributed by atoms with Crippen LogP contribution in [0.5, 0.6) is 0 Å². The van der Waals surface area contributed by atoms with Crippen molar-refractivity contribution in [1.82, 2.24) is 0 Å². The highest BCUT2D eigenvalue weighted by molar-refractivity contribution is 9.09. The Morgan fingerprint density at radius 3 is 1.89 bits per heavy atom. The molecule has 0 aromatic carbocycles. The number of alkyl halides is 1. The molecule has 0 unspecified atom stereocenters. The molecule has 0 nitrogen and oxygen atoms in total. The third-order valence-electron chi connectivity index (χ3n) is 1.11. The van der Waals surface area contributed by atoms with Crippen LogP contribution in [0, 0.1) is 5.41 Å². The van der Waals surface area contributed by atoms with E-state index in [4.69, 9.17) is 0 Å². The first-order chi connectivity index (χ1) is 3.98. The molecule has 0 aliphatic heterocycles. The normalized spacial score (nSPS) is 12.7. The molecule has 9 heavy (non-hydrogen) atoms. The molecular weight excluding hydrogens is 195 g/mol. The van der Waals surface area contributed by atoms with Crippen molar-refractivity contribution in [3.8, 4) is 0 Å². The molecule has 0 atom stereocenters. The Kier molecular flexibility index (Phi) is 4.33. The predicted molar refractivity (Wildman–Crippen MR) is 51.2 cm³/mol. The van der Waals surface area contributed by atoms with E-state index in [1.165, 1.54) is 6.16 Å². The van der Waals surface area contributed by atoms with Crippen molar-refractivity contribution < 1.29 is 0 Å². The van der Waals surface area contributed by atoms with Crippen molar-refractivity contribution in [2.75, 3.05) is 24.8 Å². The molecule has 0 bridgehead atoms. The van der Waals surface area contributed by atoms with E-state index in [1.54, 1.807) is 0 Å². The van der Waals surface area contributed by atoms with Gasteiger partial charge in [-0.05, 0) is 24.9 Å². The maximum atomic E-state index is 3.51. The lowest BCUT2D eigenvalue weighted by molar-refractivity contribution is 0.493. The lowest BCUT2D eigenvalue weighted by Crippen LogP contribution is -2.16. The highest BCUT2D eigenvalue weighted by atomic mass is 79.9. The Hall–Kier alpha value is 0.910. The second-order valence-corrected chi connectivity index (χ2v) is 6.57. The van der Waals surface area contributed by atoms with E-state index in [0.717, 1.165) is 5.33 Å². The van der Waals surface area contributed by atoms with Crippen LogP contribution in [-0.2, 0) is 0 Å². The van der Waals surface area contributed by atoms with Crippen LogP contribution in [0.3, 0.4) is 0 Å². The molecule has 0 aromatic rings. The zero-order chi connectivity index (χ0) is 7.49. The molecule has 0 aliphatic rings. The van der Waals surface area contributed by atoms with Crippen LogP contribution >= 0.6 is 23.9 Å². The minimum absolute atomic E-state index is 0.276. The summed E-state index contributed by atoms with van der Waals surface area (Å²) in [5, 5.41) is 1.13. The molecule has 0 amide bonds. The Bertz CT molecular complexity index is 79.0. The zero-order valence-corrected chi connectivity index (χ0v) is 9.22. The fourth-order valence-corrected chi connectivity index (χ4v) is 3.23. The summed E-state index contributed by atoms with van der Waals surface area (Å²) in [5.74, 6) is 0. The van der Waals surface area contributed by atoms with E-state index in [0.29, 0.717) is 5.41 Å². The van der Waals surface area contributed by atoms with Gasteiger partial charge in [0.2, 0.25) is 0 Å². The van der Waals surface area contributed by atoms with Gasteiger partial charge in [-0.25, -0.2) is 0 Å². The van der Waals surface area contributed by atoms with E-state index in [-0.39, 0.29) is 7.92 Å². The van der Waals surface area contributed by atoms with Crippen molar-refractivity contribution in [1.29, 1.82) is 0 Å². The molecule has 0 aromatic heterocycles. The summed E-state index contributed by atoms with van der Waals surface area (Å²) in [4.78, 5) is 0. The van der Waals surface area contributed by atoms with Gasteiger partial charge >= 0.3 is 0 Å². The minimum Gasteiger partial charge on any atom is -0.113 e. The number of halogens is 1. The van der Waals surface area contributed by atoms with Crippen molar-refractivity contribution in [3.05, 3.63) is 0 Å². The van der Waals surface area contributed by atoms with E-state index in [2.05, 4.69) is 43.1 Å². The topological polar surface area (TPSA) is 0 Å². The quantitative estimate of drug-likeness (QED) is 0.496. The molecule has 0 heterocycles. The van der Waals surface area contributed by atoms with Gasteiger partial charge in [0.1, 0.15) is 0 Å². The molecule has 0 aliphatic carbocycles. The summed E-state index contributed by atoms with van der Waals surface area (Å²) in [6, 6.07) is 0. The summed E-state index contributed by atoms with van der Waals surface area (Å²) in [5.41, 5.74) is 0.509. The van der Waals surface area contributed by atoms with Crippen LogP contribution in [0.2, 0.25) is 0 Å². The summed E-state index contributed by atoms with van der Waals surface area (Å²) >= 11 is 3.51. The molecule has 0 saturated heterocycles. The van der Waals surface area contributed by atoms with E-state index in [1.807, 2.05) is 0 Å². The molecule has 0 N–H and O–H groups in total. The van der Waals surface area contributed by atoms with Crippen LogP contribution in [0.25, 0.3) is 0 Å². The first kappa shape index (κ1) is 9.91. The Morgan fingerprint density at radius 1 is 1.33 bits per heavy atom. The molecule has 0 radical (unpaired) electrons. The summed E-state index contributed by atoms with van der Waals surface area (Å²) < 4.78 is 0. The van der Waals surface area contributed by atoms with Gasteiger partial charge in [0.05, 0.1) is 0 Å². The Balaban J connectivity index is 3.58. The van der Waals surface area contributed by atoms with Gasteiger partial charge in [0.25, 0.3) is 0 Å². The highest BCUT2D eigenvalue weighted by Gasteiger charge is 2.16. The molecular formula is C7H16BrP. The monoisotopic (exact) mass is 210 g/mol. The van der Waals surface area contributed by atoms with E-state index >= 15 is 0 Å². The highest BCUT2D eigenvalue weighted by Crippen LogP contribution is 2.35. The lowest BCUT2D eigenvalue weighted by Gasteiger charge is -2.23. The van der Waals surface area contributed by atoms with Gasteiger partial charge in [0.15, 0.2) is 0 Å². The molecule has 56 valence electrons. The van der Waals surface area contributed by atoms with Gasteiger partial charge in [0, 0.05) is 5.33 Å². The second-order valence-electron chi connectivity index (χ2n) is 3.54. The van der Waals surface area contributed by atoms with Crippen LogP contribution in [0.4, 0.5) is 0 Å². The maximum absolute atomic E-state index is 3.51. The van der Waals surface area contributed by atoms with Gasteiger partial charge in [-0.3, -0.25) is 0 Å². The molecule has 0 rings (SSSR count). The van der Waals surface area contributed by atoms with Crippen molar-refractivity contribution in [2.24, 2.45) is 5.41 Å². The number of rotatable bonds is 3. The number of hydrogen-bond donors (Lipinski definition) is 0. The van der Waals surface area contributed by atoms with Gasteiger partial charge in [-0.15, -0.1) is 7.92 Å². The minimum atomic E-state index is 0.276. The largest absolute Gasteiger partial charge is 0.113 e.